The van der Waals surface area contributed by atoms with Crippen molar-refractivity contribution in [3.63, 3.8) is 0 Å². The van der Waals surface area contributed by atoms with Crippen molar-refractivity contribution in [3.8, 4) is 22.7 Å². The van der Waals surface area contributed by atoms with Crippen LogP contribution in [0.2, 0.25) is 0 Å². The minimum Gasteiger partial charge on any atom is -0.494 e. The summed E-state index contributed by atoms with van der Waals surface area (Å²) in [5.41, 5.74) is 4.42. The second-order valence-electron chi connectivity index (χ2n) is 6.15. The largest absolute Gasteiger partial charge is 0.494 e. The lowest BCUT2D eigenvalue weighted by Crippen LogP contribution is -2.08. The molecular formula is C20H20BrN3O. The highest BCUT2D eigenvalue weighted by Gasteiger charge is 2.22. The molecular weight excluding hydrogens is 378 g/mol. The summed E-state index contributed by atoms with van der Waals surface area (Å²) in [5, 5.41) is 8.55. The summed E-state index contributed by atoms with van der Waals surface area (Å²) < 4.78 is 8.63. The van der Waals surface area contributed by atoms with E-state index in [-0.39, 0.29) is 0 Å². The van der Waals surface area contributed by atoms with E-state index in [1.807, 2.05) is 28.9 Å². The molecule has 4 rings (SSSR count). The third-order valence-corrected chi connectivity index (χ3v) is 5.09. The highest BCUT2D eigenvalue weighted by Crippen LogP contribution is 2.36. The molecule has 4 nitrogen and oxygen atoms in total. The van der Waals surface area contributed by atoms with E-state index in [9.17, 15) is 0 Å². The average molecular weight is 398 g/mol. The molecule has 1 N–H and O–H groups in total. The maximum absolute atomic E-state index is 5.56. The molecule has 1 aromatic heterocycles. The Morgan fingerprint density at radius 3 is 2.68 bits per heavy atom. The fourth-order valence-corrected chi connectivity index (χ4v) is 3.59. The molecule has 2 aromatic carbocycles. The van der Waals surface area contributed by atoms with Crippen molar-refractivity contribution in [2.75, 3.05) is 19.0 Å². The molecule has 0 fully saturated rings. The average Bonchev–Trinajstić information content (AvgIpc) is 2.83. The van der Waals surface area contributed by atoms with Crippen molar-refractivity contribution in [1.82, 2.24) is 9.78 Å². The maximum atomic E-state index is 5.56. The molecule has 0 saturated carbocycles. The maximum Gasteiger partial charge on any atom is 0.144 e. The number of methoxy groups -OCH3 is 1. The van der Waals surface area contributed by atoms with Crippen molar-refractivity contribution in [2.45, 2.75) is 19.3 Å². The lowest BCUT2D eigenvalue weighted by Gasteiger charge is -2.12. The highest BCUT2D eigenvalue weighted by atomic mass is 79.9. The minimum absolute atomic E-state index is 0.821. The van der Waals surface area contributed by atoms with Gasteiger partial charge in [0.1, 0.15) is 17.3 Å². The number of benzene rings is 2. The Kier molecular flexibility index (Phi) is 4.49. The Bertz CT molecular complexity index is 886. The van der Waals surface area contributed by atoms with Crippen LogP contribution < -0.4 is 10.1 Å². The number of hydrogen-bond donors (Lipinski definition) is 1. The minimum atomic E-state index is 0.821. The summed E-state index contributed by atoms with van der Waals surface area (Å²) in [6.07, 6.45) is 3.37. The van der Waals surface area contributed by atoms with Crippen LogP contribution in [0, 0.1) is 0 Å². The highest BCUT2D eigenvalue weighted by molar-refractivity contribution is 9.10. The number of ether oxygens (including phenoxy) is 1. The third-order valence-electron chi connectivity index (χ3n) is 4.56. The lowest BCUT2D eigenvalue weighted by molar-refractivity contribution is 0.412. The topological polar surface area (TPSA) is 39.1 Å². The molecule has 0 radical (unpaired) electrons. The van der Waals surface area contributed by atoms with Crippen LogP contribution in [0.25, 0.3) is 16.9 Å². The van der Waals surface area contributed by atoms with Crippen LogP contribution in [0.1, 0.15) is 18.4 Å². The van der Waals surface area contributed by atoms with E-state index in [1.165, 1.54) is 18.4 Å². The Morgan fingerprint density at radius 1 is 1.08 bits per heavy atom. The van der Waals surface area contributed by atoms with Crippen molar-refractivity contribution in [2.24, 2.45) is 0 Å². The predicted octanol–water partition coefficient (Wildman–Crippen LogP) is 5.06. The van der Waals surface area contributed by atoms with Gasteiger partial charge in [-0.05, 0) is 43.5 Å². The quantitative estimate of drug-likeness (QED) is 0.671. The molecule has 128 valence electrons. The van der Waals surface area contributed by atoms with Gasteiger partial charge in [-0.15, -0.1) is 0 Å². The first kappa shape index (κ1) is 16.2. The number of halogens is 1. The summed E-state index contributed by atoms with van der Waals surface area (Å²) >= 11 is 3.51. The zero-order valence-electron chi connectivity index (χ0n) is 14.1. The summed E-state index contributed by atoms with van der Waals surface area (Å²) in [6.45, 7) is 0.966. The molecule has 0 unspecified atom stereocenters. The lowest BCUT2D eigenvalue weighted by atomic mass is 10.0. The number of para-hydroxylation sites is 2. The fraction of sp³-hybridized carbons (Fsp3) is 0.250. The molecule has 1 aliphatic heterocycles. The Morgan fingerprint density at radius 2 is 1.88 bits per heavy atom. The van der Waals surface area contributed by atoms with Crippen LogP contribution in [0.5, 0.6) is 5.75 Å². The first-order chi connectivity index (χ1) is 12.3. The number of fused-ring (bicyclic) bond motifs is 1. The SMILES string of the molecule is COc1ccccc1-n1nc(-c2ccc(Br)cc2)c2c1NCCCC2. The van der Waals surface area contributed by atoms with Crippen LogP contribution in [0.4, 0.5) is 5.82 Å². The van der Waals surface area contributed by atoms with E-state index in [0.29, 0.717) is 0 Å². The van der Waals surface area contributed by atoms with Crippen LogP contribution in [0.3, 0.4) is 0 Å². The molecule has 0 saturated heterocycles. The summed E-state index contributed by atoms with van der Waals surface area (Å²) in [6, 6.07) is 16.4. The summed E-state index contributed by atoms with van der Waals surface area (Å²) in [5.74, 6) is 1.90. The number of nitrogens with one attached hydrogen (secondary N) is 1. The summed E-state index contributed by atoms with van der Waals surface area (Å²) in [4.78, 5) is 0. The number of anilines is 1. The predicted molar refractivity (Wildman–Crippen MR) is 105 cm³/mol. The number of nitrogens with zero attached hydrogens (tertiary/aromatic N) is 2. The first-order valence-electron chi connectivity index (χ1n) is 8.53. The van der Waals surface area contributed by atoms with E-state index < -0.39 is 0 Å². The molecule has 5 heteroatoms. The Labute approximate surface area is 156 Å². The van der Waals surface area contributed by atoms with Crippen molar-refractivity contribution in [1.29, 1.82) is 0 Å². The van der Waals surface area contributed by atoms with Crippen molar-refractivity contribution >= 4 is 21.7 Å². The van der Waals surface area contributed by atoms with E-state index in [1.54, 1.807) is 7.11 Å². The molecule has 3 aromatic rings. The molecule has 0 aliphatic carbocycles. The Balaban J connectivity index is 1.92. The van der Waals surface area contributed by atoms with E-state index in [0.717, 1.165) is 46.0 Å². The van der Waals surface area contributed by atoms with Gasteiger partial charge in [0.15, 0.2) is 0 Å². The van der Waals surface area contributed by atoms with Crippen LogP contribution in [-0.2, 0) is 6.42 Å². The van der Waals surface area contributed by atoms with Gasteiger partial charge in [0.05, 0.1) is 12.8 Å². The molecule has 25 heavy (non-hydrogen) atoms. The van der Waals surface area contributed by atoms with Gasteiger partial charge in [-0.2, -0.15) is 5.10 Å². The standard InChI is InChI=1S/C20H20BrN3O/c1-25-18-8-3-2-7-17(18)24-20-16(6-4-5-13-22-20)19(23-24)14-9-11-15(21)12-10-14/h2-3,7-12,22H,4-6,13H2,1H3. The number of aromatic nitrogens is 2. The van der Waals surface area contributed by atoms with Gasteiger partial charge in [0, 0.05) is 22.1 Å². The van der Waals surface area contributed by atoms with Crippen molar-refractivity contribution < 1.29 is 4.74 Å². The van der Waals surface area contributed by atoms with Crippen molar-refractivity contribution in [3.05, 3.63) is 58.6 Å². The normalized spacial score (nSPS) is 13.7. The molecule has 0 amide bonds. The zero-order valence-corrected chi connectivity index (χ0v) is 15.7. The first-order valence-corrected chi connectivity index (χ1v) is 9.32. The van der Waals surface area contributed by atoms with Gasteiger partial charge in [0.25, 0.3) is 0 Å². The van der Waals surface area contributed by atoms with Crippen LogP contribution in [-0.4, -0.2) is 23.4 Å². The van der Waals surface area contributed by atoms with Gasteiger partial charge < -0.3 is 10.1 Å². The second kappa shape index (κ2) is 6.92. The zero-order chi connectivity index (χ0) is 17.2. The third kappa shape index (κ3) is 3.04. The van der Waals surface area contributed by atoms with Gasteiger partial charge in [0.2, 0.25) is 0 Å². The van der Waals surface area contributed by atoms with E-state index >= 15 is 0 Å². The van der Waals surface area contributed by atoms with E-state index in [2.05, 4.69) is 45.5 Å². The molecule has 2 heterocycles. The van der Waals surface area contributed by atoms with Gasteiger partial charge in [-0.1, -0.05) is 40.2 Å². The van der Waals surface area contributed by atoms with Gasteiger partial charge in [-0.3, -0.25) is 0 Å². The Hall–Kier alpha value is -2.27. The van der Waals surface area contributed by atoms with Gasteiger partial charge in [-0.25, -0.2) is 4.68 Å². The monoisotopic (exact) mass is 397 g/mol. The van der Waals surface area contributed by atoms with Crippen LogP contribution in [0.15, 0.2) is 53.0 Å². The molecule has 1 aliphatic rings. The molecule has 0 bridgehead atoms. The number of rotatable bonds is 3. The van der Waals surface area contributed by atoms with E-state index in [4.69, 9.17) is 9.84 Å². The van der Waals surface area contributed by atoms with Crippen LogP contribution >= 0.6 is 15.9 Å². The molecule has 0 spiro atoms. The number of hydrogen-bond acceptors (Lipinski definition) is 3. The molecule has 0 atom stereocenters. The fourth-order valence-electron chi connectivity index (χ4n) is 3.32. The smallest absolute Gasteiger partial charge is 0.144 e. The summed E-state index contributed by atoms with van der Waals surface area (Å²) in [7, 11) is 1.70. The van der Waals surface area contributed by atoms with Gasteiger partial charge >= 0.3 is 0 Å². The second-order valence-corrected chi connectivity index (χ2v) is 7.07.